The Bertz CT molecular complexity index is 510. The Labute approximate surface area is 116 Å². The number of thiophene rings is 1. The van der Waals surface area contributed by atoms with Gasteiger partial charge in [-0.2, -0.15) is 0 Å². The highest BCUT2D eigenvalue weighted by Gasteiger charge is 2.53. The maximum atomic E-state index is 12.3. The second-order valence-corrected chi connectivity index (χ2v) is 6.96. The van der Waals surface area contributed by atoms with Crippen LogP contribution in [0.4, 0.5) is 4.79 Å². The van der Waals surface area contributed by atoms with Gasteiger partial charge in [0.15, 0.2) is 0 Å². The first kappa shape index (κ1) is 12.1. The van der Waals surface area contributed by atoms with E-state index in [4.69, 9.17) is 4.74 Å². The summed E-state index contributed by atoms with van der Waals surface area (Å²) in [6.07, 6.45) is 0.558. The van der Waals surface area contributed by atoms with E-state index in [0.717, 1.165) is 8.66 Å². The number of carbonyl (C=O) groups excluding carboxylic acids is 2. The molecule has 0 radical (unpaired) electrons. The smallest absolute Gasteiger partial charge is 0.325 e. The van der Waals surface area contributed by atoms with Crippen molar-refractivity contribution in [3.8, 4) is 0 Å². The van der Waals surface area contributed by atoms with E-state index in [9.17, 15) is 9.59 Å². The Balaban J connectivity index is 1.80. The maximum absolute atomic E-state index is 12.3. The highest BCUT2D eigenvalue weighted by Crippen LogP contribution is 2.30. The zero-order valence-corrected chi connectivity index (χ0v) is 11.8. The predicted molar refractivity (Wildman–Crippen MR) is 69.3 cm³/mol. The van der Waals surface area contributed by atoms with Crippen LogP contribution in [0.15, 0.2) is 15.9 Å². The van der Waals surface area contributed by atoms with E-state index in [0.29, 0.717) is 19.6 Å². The minimum atomic E-state index is -0.814. The van der Waals surface area contributed by atoms with Crippen LogP contribution >= 0.6 is 27.3 Å². The summed E-state index contributed by atoms with van der Waals surface area (Å²) in [7, 11) is 0. The van der Waals surface area contributed by atoms with E-state index >= 15 is 0 Å². The second-order valence-electron chi connectivity index (χ2n) is 4.41. The van der Waals surface area contributed by atoms with Gasteiger partial charge >= 0.3 is 6.03 Å². The fourth-order valence-corrected chi connectivity index (χ4v) is 3.72. The summed E-state index contributed by atoms with van der Waals surface area (Å²) in [5, 5.41) is 2.76. The molecule has 1 atom stereocenters. The van der Waals surface area contributed by atoms with Gasteiger partial charge in [0.25, 0.3) is 5.91 Å². The number of halogens is 1. The largest absolute Gasteiger partial charge is 0.378 e. The number of imide groups is 1. The standard InChI is InChI=1S/C11H11BrN2O3S/c12-8-2-1-7(18-8)5-14-9(15)11(13-10(14)16)3-4-17-6-11/h1-2H,3-6H2,(H,13,16)/t11-/m1/s1. The van der Waals surface area contributed by atoms with Gasteiger partial charge in [0.2, 0.25) is 0 Å². The summed E-state index contributed by atoms with van der Waals surface area (Å²) in [6, 6.07) is 3.49. The molecule has 1 N–H and O–H groups in total. The lowest BCUT2D eigenvalue weighted by atomic mass is 9.99. The third-order valence-corrected chi connectivity index (χ3v) is 4.82. The zero-order valence-electron chi connectivity index (χ0n) is 9.44. The van der Waals surface area contributed by atoms with Crippen molar-refractivity contribution in [2.75, 3.05) is 13.2 Å². The number of amides is 3. The summed E-state index contributed by atoms with van der Waals surface area (Å²) in [5.74, 6) is -0.172. The molecule has 0 aliphatic carbocycles. The Morgan fingerprint density at radius 1 is 1.50 bits per heavy atom. The number of urea groups is 1. The molecule has 7 heteroatoms. The molecule has 1 spiro atoms. The van der Waals surface area contributed by atoms with Crippen LogP contribution in [0.1, 0.15) is 11.3 Å². The molecular formula is C11H11BrN2O3S. The zero-order chi connectivity index (χ0) is 12.8. The van der Waals surface area contributed by atoms with Crippen LogP contribution in [0.3, 0.4) is 0 Å². The van der Waals surface area contributed by atoms with Crippen molar-refractivity contribution >= 4 is 39.2 Å². The van der Waals surface area contributed by atoms with Crippen molar-refractivity contribution in [3.63, 3.8) is 0 Å². The van der Waals surface area contributed by atoms with Gasteiger partial charge in [-0.3, -0.25) is 9.69 Å². The van der Waals surface area contributed by atoms with Crippen molar-refractivity contribution in [3.05, 3.63) is 20.8 Å². The molecule has 2 saturated heterocycles. The number of hydrogen-bond acceptors (Lipinski definition) is 4. The number of hydrogen-bond donors (Lipinski definition) is 1. The molecule has 3 heterocycles. The Kier molecular flexibility index (Phi) is 2.91. The number of carbonyl (C=O) groups is 2. The van der Waals surface area contributed by atoms with E-state index < -0.39 is 5.54 Å². The molecule has 2 aliphatic rings. The number of nitrogens with zero attached hydrogens (tertiary/aromatic N) is 1. The summed E-state index contributed by atoms with van der Waals surface area (Å²) in [4.78, 5) is 26.4. The molecule has 18 heavy (non-hydrogen) atoms. The maximum Gasteiger partial charge on any atom is 0.325 e. The summed E-state index contributed by atoms with van der Waals surface area (Å²) < 4.78 is 6.23. The Hall–Kier alpha value is -0.920. The summed E-state index contributed by atoms with van der Waals surface area (Å²) >= 11 is 4.89. The van der Waals surface area contributed by atoms with Crippen LogP contribution < -0.4 is 5.32 Å². The van der Waals surface area contributed by atoms with Crippen molar-refractivity contribution in [2.24, 2.45) is 0 Å². The fourth-order valence-electron chi connectivity index (χ4n) is 2.24. The van der Waals surface area contributed by atoms with Crippen LogP contribution in [-0.2, 0) is 16.1 Å². The second kappa shape index (κ2) is 4.32. The van der Waals surface area contributed by atoms with Crippen LogP contribution in [-0.4, -0.2) is 35.6 Å². The number of nitrogens with one attached hydrogen (secondary N) is 1. The average molecular weight is 331 g/mol. The minimum absolute atomic E-state index is 0.172. The summed E-state index contributed by atoms with van der Waals surface area (Å²) in [5.41, 5.74) is -0.814. The minimum Gasteiger partial charge on any atom is -0.378 e. The van der Waals surface area contributed by atoms with E-state index in [1.54, 1.807) is 0 Å². The van der Waals surface area contributed by atoms with Gasteiger partial charge in [-0.15, -0.1) is 11.3 Å². The molecule has 0 saturated carbocycles. The molecule has 5 nitrogen and oxygen atoms in total. The van der Waals surface area contributed by atoms with Crippen LogP contribution in [0.25, 0.3) is 0 Å². The molecule has 96 valence electrons. The van der Waals surface area contributed by atoms with Gasteiger partial charge in [0, 0.05) is 17.9 Å². The van der Waals surface area contributed by atoms with Gasteiger partial charge in [0.1, 0.15) is 5.54 Å². The molecule has 0 aromatic carbocycles. The van der Waals surface area contributed by atoms with Gasteiger partial charge < -0.3 is 10.1 Å². The van der Waals surface area contributed by atoms with E-state index in [2.05, 4.69) is 21.2 Å². The van der Waals surface area contributed by atoms with Crippen molar-refractivity contribution in [1.29, 1.82) is 0 Å². The molecule has 1 aromatic heterocycles. The van der Waals surface area contributed by atoms with Crippen LogP contribution in [0.5, 0.6) is 0 Å². The first-order valence-corrected chi connectivity index (χ1v) is 7.18. The van der Waals surface area contributed by atoms with Gasteiger partial charge in [-0.1, -0.05) is 0 Å². The lowest BCUT2D eigenvalue weighted by Gasteiger charge is -2.17. The Morgan fingerprint density at radius 2 is 2.33 bits per heavy atom. The van der Waals surface area contributed by atoms with Crippen LogP contribution in [0.2, 0.25) is 0 Å². The van der Waals surface area contributed by atoms with Crippen molar-refractivity contribution in [2.45, 2.75) is 18.5 Å². The number of rotatable bonds is 2. The first-order chi connectivity index (χ1) is 8.61. The molecule has 0 bridgehead atoms. The number of ether oxygens (including phenoxy) is 1. The van der Waals surface area contributed by atoms with Gasteiger partial charge in [-0.05, 0) is 28.1 Å². The van der Waals surface area contributed by atoms with Crippen molar-refractivity contribution < 1.29 is 14.3 Å². The lowest BCUT2D eigenvalue weighted by molar-refractivity contribution is -0.131. The summed E-state index contributed by atoms with van der Waals surface area (Å²) in [6.45, 7) is 1.12. The van der Waals surface area contributed by atoms with Crippen LogP contribution in [0, 0.1) is 0 Å². The predicted octanol–water partition coefficient (Wildman–Crippen LogP) is 1.72. The highest BCUT2D eigenvalue weighted by molar-refractivity contribution is 9.11. The highest BCUT2D eigenvalue weighted by atomic mass is 79.9. The normalized spacial score (nSPS) is 27.3. The van der Waals surface area contributed by atoms with Gasteiger partial charge in [-0.25, -0.2) is 4.79 Å². The monoisotopic (exact) mass is 330 g/mol. The Morgan fingerprint density at radius 3 is 2.94 bits per heavy atom. The first-order valence-electron chi connectivity index (χ1n) is 5.57. The van der Waals surface area contributed by atoms with E-state index in [1.807, 2.05) is 12.1 Å². The van der Waals surface area contributed by atoms with E-state index in [-0.39, 0.29) is 18.5 Å². The SMILES string of the molecule is O=C1N[C@@]2(CCOC2)C(=O)N1Cc1ccc(Br)s1. The molecule has 2 aliphatic heterocycles. The molecule has 3 amide bonds. The van der Waals surface area contributed by atoms with Gasteiger partial charge in [0.05, 0.1) is 16.9 Å². The fraction of sp³-hybridized carbons (Fsp3) is 0.455. The topological polar surface area (TPSA) is 58.6 Å². The molecular weight excluding hydrogens is 320 g/mol. The molecule has 2 fully saturated rings. The molecule has 1 aromatic rings. The molecule has 3 rings (SSSR count). The molecule has 0 unspecified atom stereocenters. The lowest BCUT2D eigenvalue weighted by Crippen LogP contribution is -2.47. The quantitative estimate of drug-likeness (QED) is 0.840. The third kappa shape index (κ3) is 1.86. The average Bonchev–Trinajstić information content (AvgIpc) is 2.99. The third-order valence-electron chi connectivity index (χ3n) is 3.21. The van der Waals surface area contributed by atoms with Crippen molar-refractivity contribution in [1.82, 2.24) is 10.2 Å². The van der Waals surface area contributed by atoms with E-state index in [1.165, 1.54) is 16.2 Å².